The molecule has 0 saturated carbocycles. The summed E-state index contributed by atoms with van der Waals surface area (Å²) in [6.45, 7) is 1.77. The molecule has 110 valence electrons. The molecule has 0 aromatic heterocycles. The van der Waals surface area contributed by atoms with Gasteiger partial charge < -0.3 is 10.1 Å². The van der Waals surface area contributed by atoms with Crippen molar-refractivity contribution in [3.63, 3.8) is 0 Å². The van der Waals surface area contributed by atoms with E-state index in [1.54, 1.807) is 0 Å². The van der Waals surface area contributed by atoms with Crippen LogP contribution in [0.3, 0.4) is 0 Å². The quantitative estimate of drug-likeness (QED) is 0.904. The second kappa shape index (κ2) is 6.88. The van der Waals surface area contributed by atoms with E-state index in [-0.39, 0.29) is 0 Å². The fraction of sp³-hybridized carbons (Fsp3) is 0.368. The first-order chi connectivity index (χ1) is 10.4. The summed E-state index contributed by atoms with van der Waals surface area (Å²) in [7, 11) is 2.04. The third kappa shape index (κ3) is 3.52. The molecule has 1 saturated heterocycles. The van der Waals surface area contributed by atoms with Gasteiger partial charge in [0, 0.05) is 18.6 Å². The van der Waals surface area contributed by atoms with Crippen molar-refractivity contribution in [2.45, 2.75) is 18.9 Å². The lowest BCUT2D eigenvalue weighted by Gasteiger charge is -2.22. The van der Waals surface area contributed by atoms with Crippen molar-refractivity contribution >= 4 is 0 Å². The monoisotopic (exact) mass is 281 g/mol. The van der Waals surface area contributed by atoms with E-state index >= 15 is 0 Å². The largest absolute Gasteiger partial charge is 0.381 e. The first-order valence-corrected chi connectivity index (χ1v) is 7.74. The molecule has 2 unspecified atom stereocenters. The number of rotatable bonds is 5. The van der Waals surface area contributed by atoms with E-state index in [1.165, 1.54) is 16.7 Å². The molecule has 1 N–H and O–H groups in total. The maximum absolute atomic E-state index is 5.52. The van der Waals surface area contributed by atoms with Gasteiger partial charge in [0.25, 0.3) is 0 Å². The van der Waals surface area contributed by atoms with Gasteiger partial charge in [0.2, 0.25) is 0 Å². The van der Waals surface area contributed by atoms with Crippen LogP contribution in [0.4, 0.5) is 0 Å². The Morgan fingerprint density at radius 3 is 2.38 bits per heavy atom. The number of hydrogen-bond acceptors (Lipinski definition) is 2. The molecule has 2 heteroatoms. The van der Waals surface area contributed by atoms with Crippen molar-refractivity contribution in [1.82, 2.24) is 5.32 Å². The summed E-state index contributed by atoms with van der Waals surface area (Å²) in [5, 5.41) is 3.45. The SMILES string of the molecule is CNC(c1ccc(Cc2ccccc2)cc1)C1CCOC1. The van der Waals surface area contributed by atoms with Gasteiger partial charge >= 0.3 is 0 Å². The standard InChI is InChI=1S/C19H23NO/c1-20-19(18-11-12-21-14-18)17-9-7-16(8-10-17)13-15-5-3-2-4-6-15/h2-10,18-20H,11-14H2,1H3. The van der Waals surface area contributed by atoms with E-state index in [2.05, 4.69) is 59.9 Å². The first kappa shape index (κ1) is 14.3. The molecule has 0 aliphatic carbocycles. The molecule has 1 aliphatic rings. The van der Waals surface area contributed by atoms with Gasteiger partial charge in [0.1, 0.15) is 0 Å². The summed E-state index contributed by atoms with van der Waals surface area (Å²) < 4.78 is 5.52. The van der Waals surface area contributed by atoms with Crippen LogP contribution in [0.1, 0.15) is 29.2 Å². The Labute approximate surface area is 127 Å². The molecular weight excluding hydrogens is 258 g/mol. The Bertz CT molecular complexity index is 544. The molecule has 1 heterocycles. The second-order valence-corrected chi connectivity index (χ2v) is 5.79. The van der Waals surface area contributed by atoms with Gasteiger partial charge in [-0.2, -0.15) is 0 Å². The summed E-state index contributed by atoms with van der Waals surface area (Å²) >= 11 is 0. The molecule has 0 bridgehead atoms. The molecule has 2 aromatic rings. The molecule has 1 fully saturated rings. The van der Waals surface area contributed by atoms with Gasteiger partial charge in [0.05, 0.1) is 6.61 Å². The molecule has 0 amide bonds. The second-order valence-electron chi connectivity index (χ2n) is 5.79. The zero-order chi connectivity index (χ0) is 14.5. The van der Waals surface area contributed by atoms with E-state index in [4.69, 9.17) is 4.74 Å². The van der Waals surface area contributed by atoms with Crippen molar-refractivity contribution < 1.29 is 4.74 Å². The maximum Gasteiger partial charge on any atom is 0.0513 e. The average molecular weight is 281 g/mol. The van der Waals surface area contributed by atoms with Crippen LogP contribution in [0, 0.1) is 5.92 Å². The Balaban J connectivity index is 1.71. The summed E-state index contributed by atoms with van der Waals surface area (Å²) in [5.41, 5.74) is 4.09. The maximum atomic E-state index is 5.52. The minimum absolute atomic E-state index is 0.401. The lowest BCUT2D eigenvalue weighted by molar-refractivity contribution is 0.178. The summed E-state index contributed by atoms with van der Waals surface area (Å²) in [6, 6.07) is 20.1. The highest BCUT2D eigenvalue weighted by molar-refractivity contribution is 5.30. The van der Waals surface area contributed by atoms with Gasteiger partial charge in [-0.25, -0.2) is 0 Å². The van der Waals surface area contributed by atoms with Crippen LogP contribution in [-0.2, 0) is 11.2 Å². The number of hydrogen-bond donors (Lipinski definition) is 1. The highest BCUT2D eigenvalue weighted by Gasteiger charge is 2.25. The zero-order valence-corrected chi connectivity index (χ0v) is 12.6. The lowest BCUT2D eigenvalue weighted by atomic mass is 9.91. The van der Waals surface area contributed by atoms with Crippen LogP contribution in [-0.4, -0.2) is 20.3 Å². The van der Waals surface area contributed by atoms with E-state index in [0.717, 1.165) is 26.1 Å². The fourth-order valence-corrected chi connectivity index (χ4v) is 3.16. The van der Waals surface area contributed by atoms with Crippen LogP contribution in [0.5, 0.6) is 0 Å². The number of nitrogens with one attached hydrogen (secondary N) is 1. The van der Waals surface area contributed by atoms with Crippen molar-refractivity contribution in [3.05, 3.63) is 71.3 Å². The van der Waals surface area contributed by atoms with Crippen LogP contribution in [0.25, 0.3) is 0 Å². The normalized spacial score (nSPS) is 19.6. The molecule has 2 aromatic carbocycles. The molecule has 0 spiro atoms. The Morgan fingerprint density at radius 2 is 1.76 bits per heavy atom. The van der Waals surface area contributed by atoms with Crippen LogP contribution in [0.15, 0.2) is 54.6 Å². The molecule has 0 radical (unpaired) electrons. The Morgan fingerprint density at radius 1 is 1.05 bits per heavy atom. The molecule has 21 heavy (non-hydrogen) atoms. The summed E-state index contributed by atoms with van der Waals surface area (Å²) in [4.78, 5) is 0. The van der Waals surface area contributed by atoms with Crippen molar-refractivity contribution in [2.75, 3.05) is 20.3 Å². The van der Waals surface area contributed by atoms with Gasteiger partial charge in [-0.15, -0.1) is 0 Å². The molecular formula is C19H23NO. The fourth-order valence-electron chi connectivity index (χ4n) is 3.16. The number of benzene rings is 2. The third-order valence-corrected chi connectivity index (χ3v) is 4.34. The van der Waals surface area contributed by atoms with E-state index in [9.17, 15) is 0 Å². The summed E-state index contributed by atoms with van der Waals surface area (Å²) in [6.07, 6.45) is 2.15. The van der Waals surface area contributed by atoms with Gasteiger partial charge in [-0.3, -0.25) is 0 Å². The highest BCUT2D eigenvalue weighted by atomic mass is 16.5. The molecule has 2 atom stereocenters. The van der Waals surface area contributed by atoms with Gasteiger partial charge in [0.15, 0.2) is 0 Å². The predicted octanol–water partition coefficient (Wildman–Crippen LogP) is 3.57. The topological polar surface area (TPSA) is 21.3 Å². The minimum atomic E-state index is 0.401. The average Bonchev–Trinajstić information content (AvgIpc) is 3.05. The van der Waals surface area contributed by atoms with Gasteiger partial charge in [-0.1, -0.05) is 54.6 Å². The molecule has 2 nitrogen and oxygen atoms in total. The zero-order valence-electron chi connectivity index (χ0n) is 12.6. The Hall–Kier alpha value is -1.64. The Kier molecular flexibility index (Phi) is 4.69. The first-order valence-electron chi connectivity index (χ1n) is 7.74. The van der Waals surface area contributed by atoms with Crippen molar-refractivity contribution in [3.8, 4) is 0 Å². The van der Waals surface area contributed by atoms with E-state index in [0.29, 0.717) is 12.0 Å². The highest BCUT2D eigenvalue weighted by Crippen LogP contribution is 2.28. The van der Waals surface area contributed by atoms with E-state index < -0.39 is 0 Å². The third-order valence-electron chi connectivity index (χ3n) is 4.34. The van der Waals surface area contributed by atoms with Crippen molar-refractivity contribution in [1.29, 1.82) is 0 Å². The van der Waals surface area contributed by atoms with Crippen LogP contribution in [0.2, 0.25) is 0 Å². The van der Waals surface area contributed by atoms with Crippen LogP contribution < -0.4 is 5.32 Å². The summed E-state index contributed by atoms with van der Waals surface area (Å²) in [5.74, 6) is 0.593. The molecule has 1 aliphatic heterocycles. The smallest absolute Gasteiger partial charge is 0.0513 e. The van der Waals surface area contributed by atoms with Crippen molar-refractivity contribution in [2.24, 2.45) is 5.92 Å². The lowest BCUT2D eigenvalue weighted by Crippen LogP contribution is -2.25. The van der Waals surface area contributed by atoms with Crippen LogP contribution >= 0.6 is 0 Å². The minimum Gasteiger partial charge on any atom is -0.381 e. The van der Waals surface area contributed by atoms with Gasteiger partial charge in [-0.05, 0) is 36.6 Å². The van der Waals surface area contributed by atoms with E-state index in [1.807, 2.05) is 7.05 Å². The predicted molar refractivity (Wildman–Crippen MR) is 86.4 cm³/mol. The number of ether oxygens (including phenoxy) is 1. The molecule has 3 rings (SSSR count).